The molecule has 2 aliphatic rings. The molecule has 4 heterocycles. The molecule has 6 rings (SSSR count). The lowest BCUT2D eigenvalue weighted by Crippen LogP contribution is -2.53. The number of aromatic nitrogens is 6. The van der Waals surface area contributed by atoms with Gasteiger partial charge >= 0.3 is 0 Å². The zero-order valence-electron chi connectivity index (χ0n) is 20.3. The quantitative estimate of drug-likeness (QED) is 0.288. The molecular weight excluding hydrogens is 557 g/mol. The van der Waals surface area contributed by atoms with Crippen LogP contribution >= 0.6 is 0 Å². The lowest BCUT2D eigenvalue weighted by Gasteiger charge is -2.41. The Morgan fingerprint density at radius 3 is 2.45 bits per heavy atom. The van der Waals surface area contributed by atoms with Crippen molar-refractivity contribution in [3.05, 3.63) is 77.3 Å². The molecule has 1 fully saturated rings. The van der Waals surface area contributed by atoms with Crippen molar-refractivity contribution in [2.45, 2.75) is 42.0 Å². The molecule has 3 N–H and O–H groups in total. The maximum Gasteiger partial charge on any atom is 0.194 e. The standard InChI is InChI=1S/C24H21F3N6O6S/c25-15-4-12(5-16(26)19(15)27)17-6-33(31-29-17)20-21(35)18(7-34)39-23(22(20)36)24-30-28-10-32(24)14-2-1-11-8-40(37,38)9-13(11)3-14/h1-6,10,18,20-23,34-36H,7-9H2/t18-,20+,21+,22-,23-/m1/s1. The minimum Gasteiger partial charge on any atom is -0.394 e. The van der Waals surface area contributed by atoms with Gasteiger partial charge in [-0.15, -0.1) is 15.3 Å². The zero-order chi connectivity index (χ0) is 28.3. The van der Waals surface area contributed by atoms with E-state index in [9.17, 15) is 36.9 Å². The number of nitrogens with zero attached hydrogens (tertiary/aromatic N) is 6. The summed E-state index contributed by atoms with van der Waals surface area (Å²) in [5.41, 5.74) is 1.59. The number of halogens is 3. The second-order valence-corrected chi connectivity index (χ2v) is 11.7. The molecule has 16 heteroatoms. The molecule has 0 saturated carbocycles. The van der Waals surface area contributed by atoms with Crippen LogP contribution in [0.25, 0.3) is 16.9 Å². The van der Waals surface area contributed by atoms with Gasteiger partial charge in [-0.1, -0.05) is 11.3 Å². The Morgan fingerprint density at radius 1 is 1.00 bits per heavy atom. The van der Waals surface area contributed by atoms with E-state index in [-0.39, 0.29) is 28.6 Å². The van der Waals surface area contributed by atoms with Crippen LogP contribution in [0.1, 0.15) is 29.1 Å². The van der Waals surface area contributed by atoms with Gasteiger partial charge in [-0.05, 0) is 35.4 Å². The molecule has 0 radical (unpaired) electrons. The summed E-state index contributed by atoms with van der Waals surface area (Å²) < 4.78 is 73.4. The summed E-state index contributed by atoms with van der Waals surface area (Å²) >= 11 is 0. The minimum absolute atomic E-state index is 0.0586. The van der Waals surface area contributed by atoms with Crippen LogP contribution in [0.2, 0.25) is 0 Å². The van der Waals surface area contributed by atoms with Gasteiger partial charge in [0.1, 0.15) is 42.5 Å². The van der Waals surface area contributed by atoms with E-state index >= 15 is 0 Å². The fourth-order valence-corrected chi connectivity index (χ4v) is 6.69. The summed E-state index contributed by atoms with van der Waals surface area (Å²) in [6.07, 6.45) is -3.00. The fraction of sp³-hybridized carbons (Fsp3) is 0.333. The monoisotopic (exact) mass is 578 g/mol. The minimum atomic E-state index is -3.25. The van der Waals surface area contributed by atoms with Crippen LogP contribution in [0.5, 0.6) is 0 Å². The van der Waals surface area contributed by atoms with Crippen LogP contribution in [-0.2, 0) is 26.1 Å². The first kappa shape index (κ1) is 26.5. The van der Waals surface area contributed by atoms with Crippen LogP contribution in [0, 0.1) is 17.5 Å². The van der Waals surface area contributed by atoms with Crippen LogP contribution in [0.3, 0.4) is 0 Å². The number of rotatable bonds is 5. The molecule has 5 atom stereocenters. The van der Waals surface area contributed by atoms with E-state index in [0.717, 1.165) is 16.8 Å². The van der Waals surface area contributed by atoms with Gasteiger partial charge in [0.05, 0.1) is 24.3 Å². The number of ether oxygens (including phenoxy) is 1. The third kappa shape index (κ3) is 4.46. The molecule has 0 aliphatic carbocycles. The summed E-state index contributed by atoms with van der Waals surface area (Å²) in [6, 6.07) is 5.20. The molecule has 0 unspecified atom stereocenters. The Labute approximate surface area is 224 Å². The maximum absolute atomic E-state index is 13.8. The average molecular weight is 579 g/mol. The van der Waals surface area contributed by atoms with E-state index in [2.05, 4.69) is 20.5 Å². The van der Waals surface area contributed by atoms with E-state index in [4.69, 9.17) is 4.74 Å². The van der Waals surface area contributed by atoms with Crippen molar-refractivity contribution >= 4 is 9.84 Å². The van der Waals surface area contributed by atoms with Crippen molar-refractivity contribution in [2.75, 3.05) is 6.61 Å². The van der Waals surface area contributed by atoms with Crippen molar-refractivity contribution in [1.29, 1.82) is 0 Å². The van der Waals surface area contributed by atoms with Crippen molar-refractivity contribution < 1.29 is 41.6 Å². The van der Waals surface area contributed by atoms with E-state index in [0.29, 0.717) is 16.8 Å². The highest BCUT2D eigenvalue weighted by Crippen LogP contribution is 2.39. The molecule has 0 amide bonds. The SMILES string of the molecule is O=S1(=O)Cc2ccc(-n3cnnc3[C@@H]3O[C@H](CO)[C@H](O)[C@H](n4cc(-c5cc(F)c(F)c(F)c5)nn4)[C@H]3O)cc2C1. The van der Waals surface area contributed by atoms with Crippen molar-refractivity contribution in [2.24, 2.45) is 0 Å². The summed E-state index contributed by atoms with van der Waals surface area (Å²) in [6.45, 7) is -0.651. The molecule has 2 aliphatic heterocycles. The first-order valence-corrected chi connectivity index (χ1v) is 13.8. The van der Waals surface area contributed by atoms with E-state index < -0.39 is 64.4 Å². The first-order chi connectivity index (χ1) is 19.1. The number of hydrogen-bond acceptors (Lipinski definition) is 10. The van der Waals surface area contributed by atoms with Gasteiger partial charge in [0.15, 0.2) is 33.1 Å². The third-order valence-corrected chi connectivity index (χ3v) is 8.54. The van der Waals surface area contributed by atoms with Crippen LogP contribution in [0.15, 0.2) is 42.9 Å². The van der Waals surface area contributed by atoms with Gasteiger partial charge in [-0.3, -0.25) is 4.57 Å². The van der Waals surface area contributed by atoms with Gasteiger partial charge in [0.2, 0.25) is 0 Å². The lowest BCUT2D eigenvalue weighted by atomic mass is 9.92. The van der Waals surface area contributed by atoms with E-state index in [1.165, 1.54) is 17.1 Å². The van der Waals surface area contributed by atoms with Crippen molar-refractivity contribution in [3.8, 4) is 16.9 Å². The molecule has 40 heavy (non-hydrogen) atoms. The first-order valence-electron chi connectivity index (χ1n) is 12.0. The van der Waals surface area contributed by atoms with Gasteiger partial charge < -0.3 is 20.1 Å². The second-order valence-electron chi connectivity index (χ2n) is 9.63. The Bertz CT molecular complexity index is 1690. The smallest absolute Gasteiger partial charge is 0.194 e. The number of sulfone groups is 1. The average Bonchev–Trinajstić information content (AvgIpc) is 3.64. The van der Waals surface area contributed by atoms with E-state index in [1.807, 2.05) is 0 Å². The molecule has 0 bridgehead atoms. The molecule has 1 saturated heterocycles. The number of hydrogen-bond donors (Lipinski definition) is 3. The molecule has 12 nitrogen and oxygen atoms in total. The second kappa shape index (κ2) is 9.74. The normalized spacial score (nSPS) is 25.7. The van der Waals surface area contributed by atoms with Crippen molar-refractivity contribution in [3.63, 3.8) is 0 Å². The molecule has 2 aromatic heterocycles. The highest BCUT2D eigenvalue weighted by Gasteiger charge is 2.48. The molecule has 4 aromatic rings. The summed E-state index contributed by atoms with van der Waals surface area (Å²) in [5, 5.41) is 47.9. The highest BCUT2D eigenvalue weighted by atomic mass is 32.2. The predicted octanol–water partition coefficient (Wildman–Crippen LogP) is 0.767. The number of fused-ring (bicyclic) bond motifs is 1. The molecule has 2 aromatic carbocycles. The maximum atomic E-state index is 13.8. The number of benzene rings is 2. The van der Waals surface area contributed by atoms with Gasteiger partial charge in [0, 0.05) is 11.3 Å². The zero-order valence-corrected chi connectivity index (χ0v) is 21.2. The number of aliphatic hydroxyl groups excluding tert-OH is 3. The summed E-state index contributed by atoms with van der Waals surface area (Å²) in [7, 11) is -3.25. The fourth-order valence-electron chi connectivity index (χ4n) is 5.09. The summed E-state index contributed by atoms with van der Waals surface area (Å²) in [4.78, 5) is 0. The predicted molar refractivity (Wildman–Crippen MR) is 129 cm³/mol. The summed E-state index contributed by atoms with van der Waals surface area (Å²) in [5.74, 6) is -4.59. The topological polar surface area (TPSA) is 165 Å². The van der Waals surface area contributed by atoms with Gasteiger partial charge in [-0.2, -0.15) is 0 Å². The molecular formula is C24H21F3N6O6S. The van der Waals surface area contributed by atoms with Crippen LogP contribution in [0.4, 0.5) is 13.2 Å². The highest BCUT2D eigenvalue weighted by molar-refractivity contribution is 7.90. The van der Waals surface area contributed by atoms with Crippen molar-refractivity contribution in [1.82, 2.24) is 29.8 Å². The number of aliphatic hydroxyl groups is 3. The largest absolute Gasteiger partial charge is 0.394 e. The Hall–Kier alpha value is -3.70. The van der Waals surface area contributed by atoms with Gasteiger partial charge in [-0.25, -0.2) is 26.3 Å². The third-order valence-electron chi connectivity index (χ3n) is 7.04. The lowest BCUT2D eigenvalue weighted by molar-refractivity contribution is -0.210. The Morgan fingerprint density at radius 2 is 1.73 bits per heavy atom. The van der Waals surface area contributed by atoms with Crippen LogP contribution < -0.4 is 0 Å². The van der Waals surface area contributed by atoms with E-state index in [1.54, 1.807) is 18.2 Å². The Kier molecular flexibility index (Phi) is 6.46. The van der Waals surface area contributed by atoms with Gasteiger partial charge in [0.25, 0.3) is 0 Å². The molecule has 210 valence electrons. The van der Waals surface area contributed by atoms with Crippen LogP contribution in [-0.4, -0.2) is 78.4 Å². The molecule has 0 spiro atoms. The Balaban J connectivity index is 1.35.